The van der Waals surface area contributed by atoms with E-state index in [-0.39, 0.29) is 53.1 Å². The van der Waals surface area contributed by atoms with Crippen molar-refractivity contribution in [2.75, 3.05) is 156 Å². The molecule has 29 nitrogen and oxygen atoms in total. The van der Waals surface area contributed by atoms with Gasteiger partial charge in [-0.15, -0.1) is 11.6 Å². The lowest BCUT2D eigenvalue weighted by atomic mass is 10.2. The Morgan fingerprint density at radius 2 is 0.832 bits per heavy atom. The second kappa shape index (κ2) is 36.7. The summed E-state index contributed by atoms with van der Waals surface area (Å²) in [6.07, 6.45) is 2.66. The Hall–Kier alpha value is -9.65. The van der Waals surface area contributed by atoms with Gasteiger partial charge in [0, 0.05) is 175 Å². The SMILES string of the molecule is Cn1c(=O)c2c(ncn2CC(=O)NCCN2CCN(c3ccccc3)CC2)n(C)c1=O.Cn1c(=O)c2c(ncn2CC(=O)O)n(C)c1=O.NC(=O)CCl.NC(=O)CN1CCN(c2ccccc2)CC1.NCN1CCN(c2ccccc2)CC1.c1ccc(N2CCNCC2)cc1. The fraction of sp³-hybridized carbons (Fsp3) is 0.415. The van der Waals surface area contributed by atoms with Gasteiger partial charge in [0.05, 0.1) is 19.2 Å². The van der Waals surface area contributed by atoms with Crippen molar-refractivity contribution in [2.24, 2.45) is 45.4 Å². The normalized spacial score (nSPS) is 15.1. The van der Waals surface area contributed by atoms with Crippen molar-refractivity contribution in [3.63, 3.8) is 0 Å². The van der Waals surface area contributed by atoms with E-state index in [1.165, 1.54) is 74.8 Å². The van der Waals surface area contributed by atoms with Crippen molar-refractivity contribution in [1.82, 2.24) is 62.7 Å². The van der Waals surface area contributed by atoms with E-state index in [0.717, 1.165) is 120 Å². The minimum absolute atomic E-state index is 0.0221. The first kappa shape index (κ1) is 72.8. The van der Waals surface area contributed by atoms with E-state index >= 15 is 0 Å². The van der Waals surface area contributed by atoms with Crippen molar-refractivity contribution in [1.29, 1.82) is 0 Å². The van der Waals surface area contributed by atoms with Gasteiger partial charge in [0.1, 0.15) is 19.0 Å². The zero-order chi connectivity index (χ0) is 68.4. The standard InChI is InChI=1S/C21H27N7O3.C12H17N3O.C11H17N3.C10H14N2.C9H10N4O4.C2H4ClNO/c1-24-19-18(20(30)25(2)21(24)31)28(15-23-19)14-17(29)22-8-9-26-10-12-27(13-11-26)16-6-4-3-5-7-16;13-12(16)10-14-6-8-15(9-7-14)11-4-2-1-3-5-11;12-10-13-6-8-14(9-7-13)11-4-2-1-3-5-11;1-2-4-10(5-3-1)12-8-6-11-7-9-12;1-11-7-6(8(16)12(2)9(11)17)13(4-10-7)3-5(14)15;3-1-2(4)5/h3-7,15H,8-14H2,1-2H3,(H,22,29);1-5H,6-10H2,(H2,13,16);1-5H,6-10,12H2;1-5,11H,6-9H2;4H,3H2,1-2H3,(H,14,15);1H2,(H2,4,5). The lowest BCUT2D eigenvalue weighted by Crippen LogP contribution is -2.48. The third kappa shape index (κ3) is 21.2. The molecule has 9 N–H and O–H groups in total. The number of para-hydroxylation sites is 4. The first-order chi connectivity index (χ1) is 45.8. The number of amides is 3. The summed E-state index contributed by atoms with van der Waals surface area (Å²) in [6, 6.07) is 41.9. The number of nitrogens with zero attached hydrogens (tertiary/aromatic N) is 15. The highest BCUT2D eigenvalue weighted by Crippen LogP contribution is 2.18. The number of rotatable bonds is 15. The molecular weight excluding hydrogens is 1240 g/mol. The molecule has 0 spiro atoms. The molecular formula is C65H89ClN20O9. The molecule has 12 rings (SSSR count). The highest BCUT2D eigenvalue weighted by molar-refractivity contribution is 6.27. The quantitative estimate of drug-likeness (QED) is 0.0719. The minimum Gasteiger partial charge on any atom is -0.480 e. The molecule has 0 unspecified atom stereocenters. The maximum absolute atomic E-state index is 12.5. The molecule has 4 fully saturated rings. The summed E-state index contributed by atoms with van der Waals surface area (Å²) in [5.41, 5.74) is 19.3. The van der Waals surface area contributed by atoms with E-state index in [1.54, 1.807) is 7.05 Å². The maximum atomic E-state index is 12.5. The zero-order valence-corrected chi connectivity index (χ0v) is 55.3. The minimum atomic E-state index is -1.08. The Balaban J connectivity index is 0.000000172. The molecule has 0 bridgehead atoms. The van der Waals surface area contributed by atoms with Crippen LogP contribution in [-0.2, 0) is 60.5 Å². The number of carbonyl (C=O) groups is 4. The van der Waals surface area contributed by atoms with Crippen molar-refractivity contribution < 1.29 is 24.3 Å². The van der Waals surface area contributed by atoms with Crippen LogP contribution in [0.5, 0.6) is 0 Å². The molecule has 4 aromatic carbocycles. The Kier molecular flexibility index (Phi) is 28.1. The van der Waals surface area contributed by atoms with Crippen LogP contribution in [0.25, 0.3) is 22.3 Å². The van der Waals surface area contributed by atoms with Crippen molar-refractivity contribution in [2.45, 2.75) is 13.1 Å². The number of hydrogen-bond acceptors (Lipinski definition) is 19. The molecule has 4 aliphatic heterocycles. The van der Waals surface area contributed by atoms with E-state index in [4.69, 9.17) is 28.2 Å². The van der Waals surface area contributed by atoms with E-state index in [0.29, 0.717) is 19.8 Å². The number of aliphatic carboxylic acids is 1. The van der Waals surface area contributed by atoms with Crippen LogP contribution in [0.1, 0.15) is 0 Å². The van der Waals surface area contributed by atoms with Crippen LogP contribution >= 0.6 is 11.6 Å². The van der Waals surface area contributed by atoms with Crippen LogP contribution in [0.4, 0.5) is 22.7 Å². The Labute approximate surface area is 555 Å². The largest absolute Gasteiger partial charge is 0.480 e. The number of primary amides is 2. The molecule has 0 aliphatic carbocycles. The number of alkyl halides is 1. The first-order valence-electron chi connectivity index (χ1n) is 31.4. The fourth-order valence-electron chi connectivity index (χ4n) is 11.0. The van der Waals surface area contributed by atoms with Gasteiger partial charge in [-0.1, -0.05) is 72.8 Å². The molecule has 4 aliphatic rings. The number of nitrogens with one attached hydrogen (secondary N) is 2. The summed E-state index contributed by atoms with van der Waals surface area (Å²) in [6.45, 7) is 18.3. The third-order valence-corrected chi connectivity index (χ3v) is 16.6. The summed E-state index contributed by atoms with van der Waals surface area (Å²) in [5, 5.41) is 15.0. The van der Waals surface area contributed by atoms with Gasteiger partial charge >= 0.3 is 17.3 Å². The number of fused-ring (bicyclic) bond motifs is 2. The Bertz CT molecular complexity index is 3970. The fourth-order valence-corrected chi connectivity index (χ4v) is 11.0. The number of benzene rings is 4. The van der Waals surface area contributed by atoms with Gasteiger partial charge in [-0.05, 0) is 48.5 Å². The summed E-state index contributed by atoms with van der Waals surface area (Å²) < 4.78 is 7.15. The summed E-state index contributed by atoms with van der Waals surface area (Å²) >= 11 is 4.86. The smallest absolute Gasteiger partial charge is 0.332 e. The molecule has 510 valence electrons. The number of halogens is 1. The second-order valence-electron chi connectivity index (χ2n) is 22.8. The van der Waals surface area contributed by atoms with Gasteiger partial charge in [-0.3, -0.25) is 61.7 Å². The highest BCUT2D eigenvalue weighted by Gasteiger charge is 2.22. The molecule has 8 heterocycles. The number of carboxylic acid groups (broad SMARTS) is 1. The number of aryl methyl sites for hydroxylation is 2. The van der Waals surface area contributed by atoms with E-state index < -0.39 is 34.4 Å². The van der Waals surface area contributed by atoms with Gasteiger partial charge in [0.15, 0.2) is 22.3 Å². The predicted molar refractivity (Wildman–Crippen MR) is 371 cm³/mol. The number of anilines is 4. The van der Waals surface area contributed by atoms with Crippen LogP contribution in [0.15, 0.2) is 153 Å². The molecule has 8 aromatic rings. The molecule has 4 saturated heterocycles. The number of carbonyl (C=O) groups excluding carboxylic acids is 3. The summed E-state index contributed by atoms with van der Waals surface area (Å²) in [4.78, 5) is 115. The summed E-state index contributed by atoms with van der Waals surface area (Å²) in [7, 11) is 5.78. The number of carboxylic acids is 1. The molecule has 4 aromatic heterocycles. The van der Waals surface area contributed by atoms with Crippen LogP contribution in [-0.4, -0.2) is 218 Å². The lowest BCUT2D eigenvalue weighted by Gasteiger charge is -2.36. The van der Waals surface area contributed by atoms with E-state index in [1.807, 2.05) is 24.3 Å². The Morgan fingerprint density at radius 3 is 1.18 bits per heavy atom. The Morgan fingerprint density at radius 1 is 0.484 bits per heavy atom. The average Bonchev–Trinajstić information content (AvgIpc) is 1.67. The van der Waals surface area contributed by atoms with Gasteiger partial charge in [-0.25, -0.2) is 19.6 Å². The topological polar surface area (TPSA) is 337 Å². The van der Waals surface area contributed by atoms with Crippen molar-refractivity contribution in [3.8, 4) is 0 Å². The van der Waals surface area contributed by atoms with Crippen molar-refractivity contribution in [3.05, 3.63) is 176 Å². The van der Waals surface area contributed by atoms with Crippen LogP contribution in [0.3, 0.4) is 0 Å². The summed E-state index contributed by atoms with van der Waals surface area (Å²) in [5.74, 6) is -2.09. The number of aromatic nitrogens is 8. The van der Waals surface area contributed by atoms with Crippen LogP contribution in [0.2, 0.25) is 0 Å². The molecule has 30 heteroatoms. The van der Waals surface area contributed by atoms with Crippen LogP contribution in [0, 0.1) is 0 Å². The molecule has 3 amide bonds. The van der Waals surface area contributed by atoms with Gasteiger partial charge in [0.25, 0.3) is 11.1 Å². The average molecular weight is 1330 g/mol. The van der Waals surface area contributed by atoms with E-state index in [9.17, 15) is 38.4 Å². The third-order valence-electron chi connectivity index (χ3n) is 16.3. The number of nitrogens with two attached hydrogens (primary N) is 3. The highest BCUT2D eigenvalue weighted by atomic mass is 35.5. The van der Waals surface area contributed by atoms with Crippen molar-refractivity contribution >= 4 is 80.4 Å². The predicted octanol–water partition coefficient (Wildman–Crippen LogP) is -0.284. The maximum Gasteiger partial charge on any atom is 0.332 e. The number of hydrogen-bond donors (Lipinski definition) is 6. The number of piperazine rings is 4. The van der Waals surface area contributed by atoms with Crippen LogP contribution < -0.4 is 69.9 Å². The number of imidazole rings is 2. The molecule has 0 atom stereocenters. The van der Waals surface area contributed by atoms with Gasteiger partial charge in [-0.2, -0.15) is 0 Å². The van der Waals surface area contributed by atoms with Gasteiger partial charge < -0.3 is 61.7 Å². The lowest BCUT2D eigenvalue weighted by molar-refractivity contribution is -0.137. The van der Waals surface area contributed by atoms with Gasteiger partial charge in [0.2, 0.25) is 17.7 Å². The monoisotopic (exact) mass is 1330 g/mol. The zero-order valence-electron chi connectivity index (χ0n) is 54.5. The second-order valence-corrected chi connectivity index (χ2v) is 23.0. The molecule has 95 heavy (non-hydrogen) atoms. The van der Waals surface area contributed by atoms with E-state index in [2.05, 4.69) is 158 Å². The molecule has 0 radical (unpaired) electrons. The first-order valence-corrected chi connectivity index (χ1v) is 31.9. The molecule has 0 saturated carbocycles.